The summed E-state index contributed by atoms with van der Waals surface area (Å²) in [5, 5.41) is 5.16. The van der Waals surface area contributed by atoms with Crippen molar-refractivity contribution in [3.8, 4) is 11.4 Å². The lowest BCUT2D eigenvalue weighted by molar-refractivity contribution is 1.18. The maximum atomic E-state index is 4.34. The Bertz CT molecular complexity index is 2470. The number of nitrogens with zero attached hydrogens (tertiary/aromatic N) is 2. The van der Waals surface area contributed by atoms with Crippen LogP contribution < -0.4 is 0 Å². The largest absolute Gasteiger partial charge is 0.309 e. The molecule has 2 aromatic heterocycles. The first kappa shape index (κ1) is 29.1. The molecule has 0 fully saturated rings. The highest BCUT2D eigenvalue weighted by Gasteiger charge is 2.13. The van der Waals surface area contributed by atoms with Gasteiger partial charge >= 0.3 is 0 Å². The zero-order valence-corrected chi connectivity index (χ0v) is 26.6. The summed E-state index contributed by atoms with van der Waals surface area (Å²) in [6.45, 7) is 8.27. The highest BCUT2D eigenvalue weighted by atomic mass is 15.0. The van der Waals surface area contributed by atoms with Gasteiger partial charge in [0.1, 0.15) is 0 Å². The average molecular weight is 615 g/mol. The highest BCUT2D eigenvalue weighted by Crippen LogP contribution is 2.34. The summed E-state index contributed by atoms with van der Waals surface area (Å²) in [5.74, 6) is 0. The first-order chi connectivity index (χ1) is 23.7. The molecule has 2 nitrogen and oxygen atoms in total. The van der Waals surface area contributed by atoms with Crippen molar-refractivity contribution in [1.29, 1.82) is 0 Å². The minimum absolute atomic E-state index is 1.01. The molecule has 2 heterocycles. The van der Waals surface area contributed by atoms with Gasteiger partial charge in [-0.05, 0) is 70.8 Å². The quantitative estimate of drug-likeness (QED) is 0.183. The highest BCUT2D eigenvalue weighted by molar-refractivity contribution is 6.10. The van der Waals surface area contributed by atoms with E-state index in [-0.39, 0.29) is 0 Å². The van der Waals surface area contributed by atoms with Crippen LogP contribution in [0.3, 0.4) is 0 Å². The molecule has 7 aromatic carbocycles. The molecule has 0 aliphatic rings. The molecule has 0 aliphatic carbocycles. The molecule has 0 saturated carbocycles. The topological polar surface area (TPSA) is 9.86 Å². The number of fused-ring (bicyclic) bond motifs is 6. The lowest BCUT2D eigenvalue weighted by atomic mass is 9.95. The van der Waals surface area contributed by atoms with E-state index in [2.05, 4.69) is 186 Å². The molecule has 0 amide bonds. The maximum absolute atomic E-state index is 4.34. The van der Waals surface area contributed by atoms with Crippen molar-refractivity contribution < 1.29 is 0 Å². The SMILES string of the molecule is C=Cc1ccccc1C(=C)c1ccc(-n2c3ccccc3c3ccccc32)cc1.c1ccc(-n2c3ccccc3c3ccccc32)cc1. The summed E-state index contributed by atoms with van der Waals surface area (Å²) in [7, 11) is 0. The number of hydrogen-bond acceptors (Lipinski definition) is 0. The van der Waals surface area contributed by atoms with Crippen molar-refractivity contribution in [3.63, 3.8) is 0 Å². The Labute approximate surface area is 280 Å². The van der Waals surface area contributed by atoms with Crippen LogP contribution in [0.25, 0.3) is 66.6 Å². The Hall–Kier alpha value is -6.38. The molecule has 0 saturated heterocycles. The van der Waals surface area contributed by atoms with E-state index in [0.717, 1.165) is 28.0 Å². The van der Waals surface area contributed by atoms with Crippen molar-refractivity contribution in [2.45, 2.75) is 0 Å². The number of benzene rings is 7. The summed E-state index contributed by atoms with van der Waals surface area (Å²) in [4.78, 5) is 0. The number of rotatable bonds is 5. The van der Waals surface area contributed by atoms with Crippen LogP contribution in [-0.4, -0.2) is 9.13 Å². The Morgan fingerprint density at radius 2 is 0.771 bits per heavy atom. The van der Waals surface area contributed by atoms with Gasteiger partial charge in [-0.15, -0.1) is 0 Å². The van der Waals surface area contributed by atoms with Crippen LogP contribution in [0.2, 0.25) is 0 Å². The van der Waals surface area contributed by atoms with E-state index in [1.54, 1.807) is 0 Å². The van der Waals surface area contributed by atoms with E-state index >= 15 is 0 Å². The van der Waals surface area contributed by atoms with Gasteiger partial charge in [-0.1, -0.05) is 147 Å². The summed E-state index contributed by atoms with van der Waals surface area (Å²) < 4.78 is 4.65. The smallest absolute Gasteiger partial charge is 0.0541 e. The minimum Gasteiger partial charge on any atom is -0.309 e. The molecule has 0 spiro atoms. The van der Waals surface area contributed by atoms with Crippen LogP contribution in [0.15, 0.2) is 189 Å². The fourth-order valence-corrected chi connectivity index (χ4v) is 6.90. The summed E-state index contributed by atoms with van der Waals surface area (Å²) in [6.07, 6.45) is 1.88. The van der Waals surface area contributed by atoms with Crippen LogP contribution in [0.1, 0.15) is 16.7 Å². The molecule has 0 unspecified atom stereocenters. The summed E-state index contributed by atoms with van der Waals surface area (Å²) in [5.41, 5.74) is 11.7. The Balaban J connectivity index is 0.000000153. The fraction of sp³-hybridized carbons (Fsp3) is 0. The molecule has 0 radical (unpaired) electrons. The molecule has 0 bridgehead atoms. The summed E-state index contributed by atoms with van der Waals surface area (Å²) in [6, 6.07) is 61.7. The standard InChI is InChI=1S/C28H21N.C18H13N/c1-3-21-10-4-5-11-24(21)20(2)22-16-18-23(19-17-22)29-27-14-8-6-12-25(27)26-13-7-9-15-28(26)29;1-2-8-14(9-3-1)19-17-12-6-4-10-15(17)16-11-5-7-13-18(16)19/h3-19H,1-2H2;1-13H. The van der Waals surface area contributed by atoms with Crippen LogP contribution in [-0.2, 0) is 0 Å². The average Bonchev–Trinajstić information content (AvgIpc) is 3.68. The molecule has 48 heavy (non-hydrogen) atoms. The van der Waals surface area contributed by atoms with E-state index in [1.165, 1.54) is 49.3 Å². The minimum atomic E-state index is 1.01. The van der Waals surface area contributed by atoms with Gasteiger partial charge < -0.3 is 9.13 Å². The summed E-state index contributed by atoms with van der Waals surface area (Å²) >= 11 is 0. The monoisotopic (exact) mass is 614 g/mol. The molecular formula is C46H34N2. The Kier molecular flexibility index (Phi) is 7.52. The van der Waals surface area contributed by atoms with E-state index in [9.17, 15) is 0 Å². The van der Waals surface area contributed by atoms with Crippen LogP contribution in [0.4, 0.5) is 0 Å². The second-order valence-electron chi connectivity index (χ2n) is 11.9. The first-order valence-corrected chi connectivity index (χ1v) is 16.3. The van der Waals surface area contributed by atoms with Gasteiger partial charge in [0, 0.05) is 32.9 Å². The molecule has 0 aliphatic heterocycles. The van der Waals surface area contributed by atoms with Crippen LogP contribution >= 0.6 is 0 Å². The second-order valence-corrected chi connectivity index (χ2v) is 11.9. The van der Waals surface area contributed by atoms with Crippen LogP contribution in [0, 0.1) is 0 Å². The molecule has 9 aromatic rings. The number of hydrogen-bond donors (Lipinski definition) is 0. The van der Waals surface area contributed by atoms with Gasteiger partial charge in [0.15, 0.2) is 0 Å². The lowest BCUT2D eigenvalue weighted by Crippen LogP contribution is -1.95. The molecule has 0 atom stereocenters. The lowest BCUT2D eigenvalue weighted by Gasteiger charge is -2.12. The second kappa shape index (κ2) is 12.4. The van der Waals surface area contributed by atoms with E-state index in [1.807, 2.05) is 18.2 Å². The third-order valence-corrected chi connectivity index (χ3v) is 9.15. The molecule has 228 valence electrons. The van der Waals surface area contributed by atoms with Gasteiger partial charge in [0.25, 0.3) is 0 Å². The van der Waals surface area contributed by atoms with Crippen molar-refractivity contribution in [1.82, 2.24) is 9.13 Å². The molecule has 9 rings (SSSR count). The van der Waals surface area contributed by atoms with Crippen molar-refractivity contribution in [2.24, 2.45) is 0 Å². The van der Waals surface area contributed by atoms with Gasteiger partial charge in [-0.3, -0.25) is 0 Å². The van der Waals surface area contributed by atoms with Crippen LogP contribution in [0.5, 0.6) is 0 Å². The van der Waals surface area contributed by atoms with Gasteiger partial charge in [0.2, 0.25) is 0 Å². The van der Waals surface area contributed by atoms with Crippen molar-refractivity contribution in [2.75, 3.05) is 0 Å². The van der Waals surface area contributed by atoms with Crippen molar-refractivity contribution in [3.05, 3.63) is 206 Å². The molecule has 2 heteroatoms. The fourth-order valence-electron chi connectivity index (χ4n) is 6.90. The predicted molar refractivity (Wildman–Crippen MR) is 206 cm³/mol. The van der Waals surface area contributed by atoms with Gasteiger partial charge in [0.05, 0.1) is 22.1 Å². The zero-order chi connectivity index (χ0) is 32.5. The van der Waals surface area contributed by atoms with Gasteiger partial charge in [-0.2, -0.15) is 0 Å². The molecule has 0 N–H and O–H groups in total. The van der Waals surface area contributed by atoms with Gasteiger partial charge in [-0.25, -0.2) is 0 Å². The number of aromatic nitrogens is 2. The predicted octanol–water partition coefficient (Wildman–Crippen LogP) is 12.3. The Morgan fingerprint density at radius 1 is 0.396 bits per heavy atom. The normalized spacial score (nSPS) is 11.1. The van der Waals surface area contributed by atoms with Crippen molar-refractivity contribution >= 4 is 55.3 Å². The van der Waals surface area contributed by atoms with E-state index in [0.29, 0.717) is 0 Å². The third kappa shape index (κ3) is 5.01. The van der Waals surface area contributed by atoms with E-state index in [4.69, 9.17) is 0 Å². The third-order valence-electron chi connectivity index (χ3n) is 9.15. The Morgan fingerprint density at radius 3 is 1.23 bits per heavy atom. The van der Waals surface area contributed by atoms with E-state index < -0.39 is 0 Å². The maximum Gasteiger partial charge on any atom is 0.0541 e. The molecular weight excluding hydrogens is 581 g/mol. The zero-order valence-electron chi connectivity index (χ0n) is 26.6. The number of para-hydroxylation sites is 5. The first-order valence-electron chi connectivity index (χ1n) is 16.3.